The number of carbonyl (C=O) groups is 2. The van der Waals surface area contributed by atoms with E-state index in [2.05, 4.69) is 4.72 Å². The topological polar surface area (TPSA) is 176 Å². The Hall–Kier alpha value is -0.220. The normalized spacial score (nSPS) is 29.0. The van der Waals surface area contributed by atoms with E-state index in [1.165, 1.54) is 27.9 Å². The van der Waals surface area contributed by atoms with Crippen LogP contribution in [0, 0.1) is 11.8 Å². The van der Waals surface area contributed by atoms with Crippen molar-refractivity contribution in [1.29, 1.82) is 0 Å². The maximum absolute atomic E-state index is 12.3. The van der Waals surface area contributed by atoms with Crippen LogP contribution in [-0.4, -0.2) is 89.4 Å². The number of hydrogen-bond acceptors (Lipinski definition) is 9. The largest absolute Gasteiger partial charge is 1.00 e. The first-order chi connectivity index (χ1) is 13.5. The average Bonchev–Trinajstić information content (AvgIpc) is 2.83. The molecule has 0 aromatic carbocycles. The number of aliphatic hydroxyl groups excluding tert-OH is 2. The summed E-state index contributed by atoms with van der Waals surface area (Å²) in [5.41, 5.74) is 5.07. The van der Waals surface area contributed by atoms with Gasteiger partial charge in [0.15, 0.2) is 0 Å². The number of carboxylic acid groups (broad SMARTS) is 1. The molecule has 0 saturated carbocycles. The number of nitrogens with zero attached hydrogens (tertiary/aromatic N) is 2. The Labute approximate surface area is 201 Å². The number of amides is 1. The maximum atomic E-state index is 12.3. The smallest absolute Gasteiger partial charge is 0.543 e. The predicted molar refractivity (Wildman–Crippen MR) is 102 cm³/mol. The summed E-state index contributed by atoms with van der Waals surface area (Å²) >= 11 is 1.23. The first kappa shape index (κ1) is 26.0. The molecular weight excluding hydrogens is 447 g/mol. The molecule has 0 bridgehead atoms. The molecule has 2 saturated heterocycles. The van der Waals surface area contributed by atoms with Gasteiger partial charge in [0.25, 0.3) is 10.2 Å². The second-order valence-electron chi connectivity index (χ2n) is 7.55. The van der Waals surface area contributed by atoms with Gasteiger partial charge in [-0.15, -0.1) is 11.8 Å². The van der Waals surface area contributed by atoms with Crippen LogP contribution in [0.4, 0.5) is 0 Å². The number of hydrogen-bond donors (Lipinski definition) is 4. The number of rotatable bonds is 9. The predicted octanol–water partition coefficient (Wildman–Crippen LogP) is -6.62. The number of carbonyl (C=O) groups excluding carboxylic acids is 2. The SMILES string of the molecule is C[C@@H](O)[C@H]1C(=O)N2C(C(=O)[O-])=C(SC3CN(S(=O)(=O)NCC(O)CN)C3)[C@H](C)[C@H]12.[Na+]. The van der Waals surface area contributed by atoms with E-state index in [4.69, 9.17) is 5.73 Å². The Bertz CT molecular complexity index is 831. The Balaban J connectivity index is 0.00000320. The van der Waals surface area contributed by atoms with Crippen molar-refractivity contribution in [3.05, 3.63) is 10.6 Å². The van der Waals surface area contributed by atoms with Crippen molar-refractivity contribution < 1.29 is 62.9 Å². The second-order valence-corrected chi connectivity index (χ2v) is 10.7. The molecule has 0 aromatic rings. The summed E-state index contributed by atoms with van der Waals surface area (Å²) in [5, 5.41) is 30.7. The van der Waals surface area contributed by atoms with Gasteiger partial charge in [0.05, 0.1) is 35.8 Å². The molecule has 2 fully saturated rings. The van der Waals surface area contributed by atoms with Crippen molar-refractivity contribution in [1.82, 2.24) is 13.9 Å². The van der Waals surface area contributed by atoms with Gasteiger partial charge in [-0.2, -0.15) is 17.4 Å². The van der Waals surface area contributed by atoms with E-state index >= 15 is 0 Å². The fourth-order valence-electron chi connectivity index (χ4n) is 3.90. The van der Waals surface area contributed by atoms with Gasteiger partial charge < -0.3 is 30.7 Å². The number of nitrogens with two attached hydrogens (primary N) is 1. The van der Waals surface area contributed by atoms with Gasteiger partial charge in [-0.1, -0.05) is 6.92 Å². The molecule has 3 heterocycles. The molecule has 5 atom stereocenters. The number of aliphatic hydroxyl groups is 2. The minimum absolute atomic E-state index is 0. The molecule has 1 amide bonds. The van der Waals surface area contributed by atoms with Gasteiger partial charge >= 0.3 is 29.6 Å². The molecule has 0 aromatic heterocycles. The summed E-state index contributed by atoms with van der Waals surface area (Å²) in [5.74, 6) is -2.85. The molecule has 0 radical (unpaired) electrons. The standard InChI is InChI=1S/C16H26N4O7S2.Na/c1-7-12-11(8(2)21)15(23)20(12)13(16(24)25)14(7)28-10-5-19(6-10)29(26,27)18-4-9(22)3-17;/h7-12,18,21-22H,3-6,17H2,1-2H3,(H,24,25);/q;+1/p-1/t7-,8-,9?,11-,12-;/m1./s1. The van der Waals surface area contributed by atoms with E-state index < -0.39 is 46.3 Å². The molecule has 30 heavy (non-hydrogen) atoms. The molecule has 14 heteroatoms. The first-order valence-corrected chi connectivity index (χ1v) is 11.6. The second kappa shape index (κ2) is 9.73. The Morgan fingerprint density at radius 2 is 2.00 bits per heavy atom. The molecule has 0 aliphatic carbocycles. The summed E-state index contributed by atoms with van der Waals surface area (Å²) < 4.78 is 27.8. The van der Waals surface area contributed by atoms with Gasteiger partial charge in [0.1, 0.15) is 0 Å². The Morgan fingerprint density at radius 1 is 1.40 bits per heavy atom. The van der Waals surface area contributed by atoms with Crippen molar-refractivity contribution in [2.75, 3.05) is 26.2 Å². The van der Waals surface area contributed by atoms with Crippen LogP contribution in [0.5, 0.6) is 0 Å². The molecule has 1 unspecified atom stereocenters. The van der Waals surface area contributed by atoms with Crippen molar-refractivity contribution in [3.8, 4) is 0 Å². The van der Waals surface area contributed by atoms with E-state index in [1.807, 2.05) is 0 Å². The van der Waals surface area contributed by atoms with Crippen molar-refractivity contribution in [2.45, 2.75) is 37.3 Å². The van der Waals surface area contributed by atoms with Crippen LogP contribution in [0.15, 0.2) is 10.6 Å². The number of nitrogens with one attached hydrogen (secondary N) is 1. The zero-order valence-corrected chi connectivity index (χ0v) is 20.6. The fraction of sp³-hybridized carbons (Fsp3) is 0.750. The van der Waals surface area contributed by atoms with Crippen molar-refractivity contribution in [3.63, 3.8) is 0 Å². The summed E-state index contributed by atoms with van der Waals surface area (Å²) in [6.45, 7) is 3.36. The minimum atomic E-state index is -3.76. The molecule has 3 rings (SSSR count). The number of aliphatic carboxylic acids is 1. The van der Waals surface area contributed by atoms with Gasteiger partial charge in [0.2, 0.25) is 5.91 Å². The summed E-state index contributed by atoms with van der Waals surface area (Å²) in [7, 11) is -3.76. The van der Waals surface area contributed by atoms with Crippen LogP contribution in [0.2, 0.25) is 0 Å². The summed E-state index contributed by atoms with van der Waals surface area (Å²) in [4.78, 5) is 25.6. The summed E-state index contributed by atoms with van der Waals surface area (Å²) in [6.07, 6.45) is -1.87. The van der Waals surface area contributed by atoms with E-state index in [1.54, 1.807) is 6.92 Å². The zero-order chi connectivity index (χ0) is 21.7. The third-order valence-electron chi connectivity index (χ3n) is 5.52. The molecule has 3 aliphatic rings. The van der Waals surface area contributed by atoms with E-state index in [0.717, 1.165) is 0 Å². The number of β-lactam (4-membered cyclic amide) rings is 1. The van der Waals surface area contributed by atoms with Crippen LogP contribution in [-0.2, 0) is 19.8 Å². The van der Waals surface area contributed by atoms with Crippen molar-refractivity contribution in [2.24, 2.45) is 17.6 Å². The van der Waals surface area contributed by atoms with Crippen LogP contribution in [0.25, 0.3) is 0 Å². The molecule has 0 spiro atoms. The van der Waals surface area contributed by atoms with E-state index in [-0.39, 0.29) is 72.6 Å². The van der Waals surface area contributed by atoms with Gasteiger partial charge in [-0.3, -0.25) is 4.79 Å². The average molecular weight is 473 g/mol. The molecule has 5 N–H and O–H groups in total. The zero-order valence-electron chi connectivity index (χ0n) is 17.0. The summed E-state index contributed by atoms with van der Waals surface area (Å²) in [6, 6.07) is -0.433. The minimum Gasteiger partial charge on any atom is -0.543 e. The van der Waals surface area contributed by atoms with Gasteiger partial charge in [-0.05, 0) is 6.92 Å². The van der Waals surface area contributed by atoms with Crippen LogP contribution in [0.1, 0.15) is 13.8 Å². The number of thioether (sulfide) groups is 1. The molecular formula is C16H25N4NaO7S2. The van der Waals surface area contributed by atoms with E-state index in [0.29, 0.717) is 4.91 Å². The fourth-order valence-corrected chi connectivity index (χ4v) is 6.94. The van der Waals surface area contributed by atoms with Crippen molar-refractivity contribution >= 4 is 33.8 Å². The number of carboxylic acids is 1. The Kier molecular flexibility index (Phi) is 8.44. The first-order valence-electron chi connectivity index (χ1n) is 9.25. The maximum Gasteiger partial charge on any atom is 1.00 e. The van der Waals surface area contributed by atoms with Crippen LogP contribution in [0.3, 0.4) is 0 Å². The van der Waals surface area contributed by atoms with Crippen LogP contribution < -0.4 is 45.1 Å². The van der Waals surface area contributed by atoms with Crippen LogP contribution >= 0.6 is 11.8 Å². The number of fused-ring (bicyclic) bond motifs is 1. The molecule has 3 aliphatic heterocycles. The molecule has 11 nitrogen and oxygen atoms in total. The quantitative estimate of drug-likeness (QED) is 0.188. The third kappa shape index (κ3) is 4.60. The Morgan fingerprint density at radius 3 is 2.50 bits per heavy atom. The monoisotopic (exact) mass is 472 g/mol. The third-order valence-corrected chi connectivity index (χ3v) is 8.48. The van der Waals surface area contributed by atoms with Gasteiger partial charge in [0, 0.05) is 42.3 Å². The van der Waals surface area contributed by atoms with E-state index in [9.17, 15) is 33.3 Å². The molecule has 164 valence electrons. The van der Waals surface area contributed by atoms with Gasteiger partial charge in [-0.25, -0.2) is 0 Å².